The number of aromatic nitrogens is 2. The zero-order chi connectivity index (χ0) is 17.6. The Hall–Kier alpha value is -3.05. The molecule has 1 aromatic heterocycles. The molecule has 0 aliphatic heterocycles. The minimum absolute atomic E-state index is 0.297. The van der Waals surface area contributed by atoms with Gasteiger partial charge in [-0.1, -0.05) is 48.5 Å². The molecule has 0 aliphatic rings. The predicted molar refractivity (Wildman–Crippen MR) is 102 cm³/mol. The molecule has 0 amide bonds. The number of rotatable bonds is 6. The molecule has 0 saturated carbocycles. The Labute approximate surface area is 151 Å². The summed E-state index contributed by atoms with van der Waals surface area (Å²) in [6, 6.07) is 15.0. The first-order valence-corrected chi connectivity index (χ1v) is 8.03. The van der Waals surface area contributed by atoms with Crippen LogP contribution in [0.4, 0.5) is 5.95 Å². The number of halogens is 1. The predicted octanol–water partition coefficient (Wildman–Crippen LogP) is 4.23. The third kappa shape index (κ3) is 3.89. The molecule has 2 N–H and O–H groups in total. The molecule has 0 aliphatic carbocycles. The Morgan fingerprint density at radius 1 is 1.20 bits per heavy atom. The molecule has 0 atom stereocenters. The van der Waals surface area contributed by atoms with Gasteiger partial charge in [0.25, 0.3) is 0 Å². The van der Waals surface area contributed by atoms with Crippen LogP contribution in [0.25, 0.3) is 11.3 Å². The second kappa shape index (κ2) is 7.68. The highest BCUT2D eigenvalue weighted by Gasteiger charge is 2.09. The highest BCUT2D eigenvalue weighted by molar-refractivity contribution is 6.30. The molecule has 0 radical (unpaired) electrons. The monoisotopic (exact) mass is 352 g/mol. The molecule has 6 heteroatoms. The summed E-state index contributed by atoms with van der Waals surface area (Å²) in [6.07, 6.45) is 5.06. The van der Waals surface area contributed by atoms with Crippen molar-refractivity contribution in [1.82, 2.24) is 9.66 Å². The number of nitrogens with zero attached hydrogens (tertiary/aromatic N) is 3. The van der Waals surface area contributed by atoms with Gasteiger partial charge in [-0.05, 0) is 24.3 Å². The largest absolute Gasteiger partial charge is 0.489 e. The third-order valence-electron chi connectivity index (χ3n) is 3.49. The van der Waals surface area contributed by atoms with Crippen LogP contribution < -0.4 is 10.5 Å². The van der Waals surface area contributed by atoms with Crippen molar-refractivity contribution in [2.24, 2.45) is 5.10 Å². The first-order valence-electron chi connectivity index (χ1n) is 7.65. The van der Waals surface area contributed by atoms with Crippen molar-refractivity contribution >= 4 is 23.8 Å². The van der Waals surface area contributed by atoms with E-state index in [1.165, 1.54) is 0 Å². The van der Waals surface area contributed by atoms with Gasteiger partial charge in [0, 0.05) is 16.1 Å². The molecule has 0 bridgehead atoms. The maximum Gasteiger partial charge on any atom is 0.221 e. The van der Waals surface area contributed by atoms with Crippen LogP contribution in [0.2, 0.25) is 5.02 Å². The van der Waals surface area contributed by atoms with E-state index in [9.17, 15) is 0 Å². The van der Waals surface area contributed by atoms with Crippen LogP contribution in [-0.2, 0) is 0 Å². The molecule has 5 nitrogen and oxygen atoms in total. The number of nitrogens with two attached hydrogens (primary N) is 1. The van der Waals surface area contributed by atoms with E-state index in [4.69, 9.17) is 22.1 Å². The van der Waals surface area contributed by atoms with E-state index in [0.717, 1.165) is 22.6 Å². The van der Waals surface area contributed by atoms with Gasteiger partial charge >= 0.3 is 0 Å². The van der Waals surface area contributed by atoms with Crippen LogP contribution in [0.1, 0.15) is 5.56 Å². The second-order valence-corrected chi connectivity index (χ2v) is 5.64. The van der Waals surface area contributed by atoms with Gasteiger partial charge in [-0.2, -0.15) is 9.78 Å². The number of ether oxygens (including phenoxy) is 1. The molecular formula is C19H17ClN4O. The number of imidazole rings is 1. The Morgan fingerprint density at radius 3 is 2.72 bits per heavy atom. The van der Waals surface area contributed by atoms with Gasteiger partial charge in [0.15, 0.2) is 0 Å². The SMILES string of the molecule is C=CCOc1ccccc1C=Nn1c(-c2ccc(Cl)cc2)cnc1N. The summed E-state index contributed by atoms with van der Waals surface area (Å²) in [5.41, 5.74) is 8.48. The smallest absolute Gasteiger partial charge is 0.221 e. The van der Waals surface area contributed by atoms with Gasteiger partial charge in [0.1, 0.15) is 12.4 Å². The molecule has 2 aromatic carbocycles. The lowest BCUT2D eigenvalue weighted by atomic mass is 10.2. The molecule has 0 spiro atoms. The number of hydrogen-bond donors (Lipinski definition) is 1. The Kier molecular flexibility index (Phi) is 5.16. The molecule has 0 unspecified atom stereocenters. The molecule has 1 heterocycles. The maximum atomic E-state index is 5.96. The molecule has 126 valence electrons. The van der Waals surface area contributed by atoms with E-state index in [1.807, 2.05) is 48.5 Å². The summed E-state index contributed by atoms with van der Waals surface area (Å²) >= 11 is 5.95. The van der Waals surface area contributed by atoms with E-state index in [0.29, 0.717) is 17.6 Å². The lowest BCUT2D eigenvalue weighted by Gasteiger charge is -2.07. The summed E-state index contributed by atoms with van der Waals surface area (Å²) in [5, 5.41) is 5.14. The summed E-state index contributed by atoms with van der Waals surface area (Å²) in [5.74, 6) is 1.02. The normalized spacial score (nSPS) is 10.9. The van der Waals surface area contributed by atoms with Crippen molar-refractivity contribution in [2.45, 2.75) is 0 Å². The van der Waals surface area contributed by atoms with Crippen molar-refractivity contribution in [2.75, 3.05) is 12.3 Å². The van der Waals surface area contributed by atoms with Crippen LogP contribution in [0, 0.1) is 0 Å². The fourth-order valence-corrected chi connectivity index (χ4v) is 2.41. The maximum absolute atomic E-state index is 5.96. The Morgan fingerprint density at radius 2 is 1.96 bits per heavy atom. The fourth-order valence-electron chi connectivity index (χ4n) is 2.29. The average molecular weight is 353 g/mol. The standard InChI is InChI=1S/C19H17ClN4O/c1-2-11-25-18-6-4-3-5-15(18)12-23-24-17(13-22-19(24)21)14-7-9-16(20)10-8-14/h2-10,12-13H,1,11H2,(H2,21,22). The van der Waals surface area contributed by atoms with E-state index >= 15 is 0 Å². The van der Waals surface area contributed by atoms with E-state index in [1.54, 1.807) is 23.2 Å². The lowest BCUT2D eigenvalue weighted by Crippen LogP contribution is -2.01. The van der Waals surface area contributed by atoms with Gasteiger partial charge in [-0.3, -0.25) is 0 Å². The van der Waals surface area contributed by atoms with Gasteiger partial charge in [0.05, 0.1) is 18.1 Å². The molecular weight excluding hydrogens is 336 g/mol. The topological polar surface area (TPSA) is 65.4 Å². The quantitative estimate of drug-likeness (QED) is 0.533. The lowest BCUT2D eigenvalue weighted by molar-refractivity contribution is 0.362. The van der Waals surface area contributed by atoms with Crippen molar-refractivity contribution < 1.29 is 4.74 Å². The van der Waals surface area contributed by atoms with Gasteiger partial charge in [-0.15, -0.1) is 0 Å². The van der Waals surface area contributed by atoms with Crippen LogP contribution in [0.15, 0.2) is 72.5 Å². The summed E-state index contributed by atoms with van der Waals surface area (Å²) in [4.78, 5) is 4.15. The van der Waals surface area contributed by atoms with Crippen LogP contribution >= 0.6 is 11.6 Å². The zero-order valence-corrected chi connectivity index (χ0v) is 14.2. The molecule has 0 fully saturated rings. The molecule has 25 heavy (non-hydrogen) atoms. The number of anilines is 1. The second-order valence-electron chi connectivity index (χ2n) is 5.20. The average Bonchev–Trinajstić information content (AvgIpc) is 3.00. The minimum Gasteiger partial charge on any atom is -0.489 e. The summed E-state index contributed by atoms with van der Waals surface area (Å²) < 4.78 is 7.21. The Balaban J connectivity index is 1.94. The number of para-hydroxylation sites is 1. The van der Waals surface area contributed by atoms with Crippen LogP contribution in [0.3, 0.4) is 0 Å². The van der Waals surface area contributed by atoms with Crippen molar-refractivity contribution in [3.05, 3.63) is 78.0 Å². The van der Waals surface area contributed by atoms with E-state index < -0.39 is 0 Å². The number of nitrogen functional groups attached to an aromatic ring is 1. The first kappa shape index (κ1) is 16.8. The first-order chi connectivity index (χ1) is 12.2. The minimum atomic E-state index is 0.297. The third-order valence-corrected chi connectivity index (χ3v) is 3.74. The van der Waals surface area contributed by atoms with E-state index in [-0.39, 0.29) is 0 Å². The van der Waals surface area contributed by atoms with Crippen molar-refractivity contribution in [3.8, 4) is 17.0 Å². The number of hydrogen-bond acceptors (Lipinski definition) is 4. The zero-order valence-electron chi connectivity index (χ0n) is 13.5. The fraction of sp³-hybridized carbons (Fsp3) is 0.0526. The molecule has 3 rings (SSSR count). The van der Waals surface area contributed by atoms with Crippen molar-refractivity contribution in [1.29, 1.82) is 0 Å². The highest BCUT2D eigenvalue weighted by Crippen LogP contribution is 2.24. The highest BCUT2D eigenvalue weighted by atomic mass is 35.5. The van der Waals surface area contributed by atoms with Gasteiger partial charge in [-0.25, -0.2) is 4.98 Å². The number of benzene rings is 2. The van der Waals surface area contributed by atoms with Crippen molar-refractivity contribution in [3.63, 3.8) is 0 Å². The molecule has 0 saturated heterocycles. The summed E-state index contributed by atoms with van der Waals surface area (Å²) in [7, 11) is 0. The van der Waals surface area contributed by atoms with Crippen LogP contribution in [0.5, 0.6) is 5.75 Å². The van der Waals surface area contributed by atoms with Gasteiger partial charge < -0.3 is 10.5 Å². The summed E-state index contributed by atoms with van der Waals surface area (Å²) in [6.45, 7) is 4.08. The van der Waals surface area contributed by atoms with E-state index in [2.05, 4.69) is 16.7 Å². The van der Waals surface area contributed by atoms with Gasteiger partial charge in [0.2, 0.25) is 5.95 Å². The Bertz CT molecular complexity index is 900. The molecule has 3 aromatic rings. The van der Waals surface area contributed by atoms with Crippen LogP contribution in [-0.4, -0.2) is 22.5 Å².